The zero-order valence-corrected chi connectivity index (χ0v) is 12.8. The largest absolute Gasteiger partial charge is 0.465 e. The first-order valence-electron chi connectivity index (χ1n) is 6.35. The Morgan fingerprint density at radius 3 is 2.52 bits per heavy atom. The van der Waals surface area contributed by atoms with Crippen LogP contribution in [-0.2, 0) is 20.6 Å². The Balaban J connectivity index is 2.19. The van der Waals surface area contributed by atoms with Gasteiger partial charge in [-0.1, -0.05) is 12.1 Å². The van der Waals surface area contributed by atoms with Crippen molar-refractivity contribution in [1.82, 2.24) is 0 Å². The Bertz CT molecular complexity index is 834. The molecule has 0 atom stereocenters. The molecule has 0 fully saturated rings. The van der Waals surface area contributed by atoms with Crippen LogP contribution in [0, 0.1) is 11.6 Å². The van der Waals surface area contributed by atoms with Gasteiger partial charge in [-0.15, -0.1) is 0 Å². The van der Waals surface area contributed by atoms with E-state index in [1.165, 1.54) is 31.4 Å². The van der Waals surface area contributed by atoms with Gasteiger partial charge in [0.2, 0.25) is 0 Å². The van der Waals surface area contributed by atoms with Gasteiger partial charge in [0.05, 0.1) is 12.7 Å². The van der Waals surface area contributed by atoms with Crippen molar-refractivity contribution in [2.75, 3.05) is 7.11 Å². The molecule has 122 valence electrons. The summed E-state index contributed by atoms with van der Waals surface area (Å²) in [5, 5.41) is 0. The first kappa shape index (κ1) is 16.9. The number of hydrogen-bond acceptors (Lipinski definition) is 5. The molecule has 0 aliphatic heterocycles. The van der Waals surface area contributed by atoms with E-state index in [0.717, 1.165) is 12.1 Å². The van der Waals surface area contributed by atoms with Crippen molar-refractivity contribution in [3.05, 3.63) is 65.2 Å². The van der Waals surface area contributed by atoms with Gasteiger partial charge in [0.15, 0.2) is 11.6 Å². The van der Waals surface area contributed by atoms with Crippen LogP contribution in [-0.4, -0.2) is 21.5 Å². The fraction of sp³-hybridized carbons (Fsp3) is 0.133. The maximum Gasteiger partial charge on any atom is 0.337 e. The van der Waals surface area contributed by atoms with Crippen molar-refractivity contribution in [3.63, 3.8) is 0 Å². The molecule has 5 nitrogen and oxygen atoms in total. The third-order valence-corrected chi connectivity index (χ3v) is 3.92. The molecule has 0 spiro atoms. The van der Waals surface area contributed by atoms with Gasteiger partial charge in [-0.2, -0.15) is 8.42 Å². The minimum atomic E-state index is -4.19. The SMILES string of the molecule is COC(=O)c1cccc(CS(=O)(=O)Oc2ccc(F)cc2F)c1. The summed E-state index contributed by atoms with van der Waals surface area (Å²) >= 11 is 0. The quantitative estimate of drug-likeness (QED) is 0.617. The first-order valence-corrected chi connectivity index (χ1v) is 7.93. The third kappa shape index (κ3) is 4.49. The maximum absolute atomic E-state index is 13.4. The standard InChI is InChI=1S/C15H12F2O5S/c1-21-15(18)11-4-2-3-10(7-11)9-23(19,20)22-14-6-5-12(16)8-13(14)17/h2-8H,9H2,1H3. The third-order valence-electron chi connectivity index (χ3n) is 2.80. The van der Waals surface area contributed by atoms with E-state index in [2.05, 4.69) is 8.92 Å². The highest BCUT2D eigenvalue weighted by molar-refractivity contribution is 7.86. The predicted molar refractivity (Wildman–Crippen MR) is 77.4 cm³/mol. The number of carbonyl (C=O) groups is 1. The van der Waals surface area contributed by atoms with Gasteiger partial charge in [0, 0.05) is 6.07 Å². The van der Waals surface area contributed by atoms with Crippen molar-refractivity contribution in [2.45, 2.75) is 5.75 Å². The molecule has 0 heterocycles. The summed E-state index contributed by atoms with van der Waals surface area (Å²) in [6.45, 7) is 0. The molecule has 0 saturated heterocycles. The monoisotopic (exact) mass is 342 g/mol. The molecule has 0 saturated carbocycles. The smallest absolute Gasteiger partial charge is 0.337 e. The Hall–Kier alpha value is -2.48. The van der Waals surface area contributed by atoms with Crippen LogP contribution in [0.2, 0.25) is 0 Å². The van der Waals surface area contributed by atoms with E-state index in [1.54, 1.807) is 0 Å². The van der Waals surface area contributed by atoms with Crippen molar-refractivity contribution >= 4 is 16.1 Å². The Kier molecular flexibility index (Phi) is 4.95. The van der Waals surface area contributed by atoms with Crippen molar-refractivity contribution < 1.29 is 30.9 Å². The molecular formula is C15H12F2O5S. The summed E-state index contributed by atoms with van der Waals surface area (Å²) in [7, 11) is -2.99. The number of rotatable bonds is 5. The lowest BCUT2D eigenvalue weighted by Crippen LogP contribution is -2.13. The topological polar surface area (TPSA) is 69.7 Å². The second kappa shape index (κ2) is 6.74. The van der Waals surface area contributed by atoms with Crippen LogP contribution in [0.15, 0.2) is 42.5 Å². The molecule has 23 heavy (non-hydrogen) atoms. The lowest BCUT2D eigenvalue weighted by molar-refractivity contribution is 0.0600. The number of ether oxygens (including phenoxy) is 1. The van der Waals surface area contributed by atoms with Crippen molar-refractivity contribution in [1.29, 1.82) is 0 Å². The van der Waals surface area contributed by atoms with E-state index in [4.69, 9.17) is 0 Å². The second-order valence-corrected chi connectivity index (χ2v) is 6.12. The fourth-order valence-electron chi connectivity index (χ4n) is 1.82. The number of carbonyl (C=O) groups excluding carboxylic acids is 1. The van der Waals surface area contributed by atoms with Gasteiger partial charge in [0.25, 0.3) is 0 Å². The molecule has 2 aromatic carbocycles. The Morgan fingerprint density at radius 1 is 1.13 bits per heavy atom. The molecule has 0 bridgehead atoms. The van der Waals surface area contributed by atoms with Crippen LogP contribution in [0.5, 0.6) is 5.75 Å². The highest BCUT2D eigenvalue weighted by atomic mass is 32.2. The molecular weight excluding hydrogens is 330 g/mol. The fourth-order valence-corrected chi connectivity index (χ4v) is 2.87. The van der Waals surface area contributed by atoms with E-state index in [-0.39, 0.29) is 11.1 Å². The predicted octanol–water partition coefficient (Wildman–Crippen LogP) is 2.66. The average molecular weight is 342 g/mol. The van der Waals surface area contributed by atoms with E-state index >= 15 is 0 Å². The summed E-state index contributed by atoms with van der Waals surface area (Å²) in [4.78, 5) is 11.4. The molecule has 2 rings (SSSR count). The van der Waals surface area contributed by atoms with Gasteiger partial charge < -0.3 is 8.92 Å². The lowest BCUT2D eigenvalue weighted by Gasteiger charge is -2.08. The minimum absolute atomic E-state index is 0.174. The highest BCUT2D eigenvalue weighted by Crippen LogP contribution is 2.21. The highest BCUT2D eigenvalue weighted by Gasteiger charge is 2.18. The van der Waals surface area contributed by atoms with E-state index in [1.807, 2.05) is 0 Å². The van der Waals surface area contributed by atoms with Crippen LogP contribution in [0.1, 0.15) is 15.9 Å². The zero-order valence-electron chi connectivity index (χ0n) is 12.0. The number of hydrogen-bond donors (Lipinski definition) is 0. The first-order chi connectivity index (χ1) is 10.8. The molecule has 0 aliphatic rings. The van der Waals surface area contributed by atoms with E-state index in [0.29, 0.717) is 6.07 Å². The molecule has 2 aromatic rings. The summed E-state index contributed by atoms with van der Waals surface area (Å²) in [6, 6.07) is 8.02. The Labute approximate surface area is 131 Å². The molecule has 8 heteroatoms. The summed E-state index contributed by atoms with van der Waals surface area (Å²) in [5.41, 5.74) is 0.434. The lowest BCUT2D eigenvalue weighted by atomic mass is 10.1. The Morgan fingerprint density at radius 2 is 1.87 bits per heavy atom. The number of benzene rings is 2. The van der Waals surface area contributed by atoms with Crippen LogP contribution >= 0.6 is 0 Å². The summed E-state index contributed by atoms with van der Waals surface area (Å²) in [5.74, 6) is -3.78. The number of halogens is 2. The van der Waals surface area contributed by atoms with Crippen LogP contribution in [0.3, 0.4) is 0 Å². The van der Waals surface area contributed by atoms with Crippen molar-refractivity contribution in [3.8, 4) is 5.75 Å². The second-order valence-electron chi connectivity index (χ2n) is 4.55. The van der Waals surface area contributed by atoms with Crippen LogP contribution in [0.4, 0.5) is 8.78 Å². The molecule has 0 unspecified atom stereocenters. The number of esters is 1. The van der Waals surface area contributed by atoms with E-state index < -0.39 is 39.2 Å². The molecule has 0 radical (unpaired) electrons. The summed E-state index contributed by atoms with van der Waals surface area (Å²) < 4.78 is 59.3. The van der Waals surface area contributed by atoms with Gasteiger partial charge in [-0.25, -0.2) is 13.6 Å². The van der Waals surface area contributed by atoms with E-state index in [9.17, 15) is 22.0 Å². The van der Waals surface area contributed by atoms with Crippen LogP contribution in [0.25, 0.3) is 0 Å². The molecule has 0 amide bonds. The maximum atomic E-state index is 13.4. The van der Waals surface area contributed by atoms with Crippen LogP contribution < -0.4 is 4.18 Å². The average Bonchev–Trinajstić information content (AvgIpc) is 2.49. The molecule has 0 aliphatic carbocycles. The normalized spacial score (nSPS) is 11.1. The zero-order chi connectivity index (χ0) is 17.0. The summed E-state index contributed by atoms with van der Waals surface area (Å²) in [6.07, 6.45) is 0. The molecule has 0 aromatic heterocycles. The van der Waals surface area contributed by atoms with Gasteiger partial charge >= 0.3 is 16.1 Å². The van der Waals surface area contributed by atoms with Gasteiger partial charge in [0.1, 0.15) is 11.6 Å². The number of methoxy groups -OCH3 is 1. The molecule has 0 N–H and O–H groups in total. The van der Waals surface area contributed by atoms with Gasteiger partial charge in [-0.05, 0) is 29.8 Å². The van der Waals surface area contributed by atoms with Crippen molar-refractivity contribution in [2.24, 2.45) is 0 Å². The van der Waals surface area contributed by atoms with Gasteiger partial charge in [-0.3, -0.25) is 0 Å². The minimum Gasteiger partial charge on any atom is -0.465 e.